The Kier molecular flexibility index (Phi) is 2.91. The SMILES string of the molecule is O=C(NCC1CCC1)c1ccc(Br)o1. The Bertz CT molecular complexity index is 331. The molecule has 2 rings (SSSR count). The summed E-state index contributed by atoms with van der Waals surface area (Å²) in [7, 11) is 0. The number of carbonyl (C=O) groups excluding carboxylic acids is 1. The van der Waals surface area contributed by atoms with Crippen molar-refractivity contribution in [2.24, 2.45) is 5.92 Å². The molecule has 0 aromatic carbocycles. The van der Waals surface area contributed by atoms with Gasteiger partial charge in [-0.05, 0) is 46.8 Å². The minimum Gasteiger partial charge on any atom is -0.444 e. The highest BCUT2D eigenvalue weighted by atomic mass is 79.9. The van der Waals surface area contributed by atoms with E-state index in [4.69, 9.17) is 4.42 Å². The van der Waals surface area contributed by atoms with Crippen molar-refractivity contribution in [3.8, 4) is 0 Å². The summed E-state index contributed by atoms with van der Waals surface area (Å²) in [6.45, 7) is 0.775. The quantitative estimate of drug-likeness (QED) is 0.905. The zero-order valence-corrected chi connectivity index (χ0v) is 9.34. The Balaban J connectivity index is 1.82. The van der Waals surface area contributed by atoms with E-state index in [0.717, 1.165) is 6.54 Å². The van der Waals surface area contributed by atoms with Gasteiger partial charge >= 0.3 is 0 Å². The standard InChI is InChI=1S/C10H12BrNO2/c11-9-5-4-8(14-9)10(13)12-6-7-2-1-3-7/h4-5,7H,1-3,6H2,(H,12,13). The molecule has 0 bridgehead atoms. The van der Waals surface area contributed by atoms with Crippen LogP contribution in [0.25, 0.3) is 0 Å². The molecular formula is C10H12BrNO2. The van der Waals surface area contributed by atoms with Crippen molar-refractivity contribution in [1.29, 1.82) is 0 Å². The molecule has 1 heterocycles. The molecular weight excluding hydrogens is 246 g/mol. The highest BCUT2D eigenvalue weighted by Crippen LogP contribution is 2.25. The van der Waals surface area contributed by atoms with Crippen LogP contribution in [-0.4, -0.2) is 12.5 Å². The topological polar surface area (TPSA) is 42.2 Å². The first-order valence-electron chi connectivity index (χ1n) is 4.79. The molecule has 1 aliphatic carbocycles. The minimum absolute atomic E-state index is 0.123. The first-order valence-corrected chi connectivity index (χ1v) is 5.58. The van der Waals surface area contributed by atoms with Crippen LogP contribution < -0.4 is 5.32 Å². The predicted octanol–water partition coefficient (Wildman–Crippen LogP) is 2.57. The van der Waals surface area contributed by atoms with E-state index in [1.54, 1.807) is 12.1 Å². The molecule has 0 atom stereocenters. The maximum absolute atomic E-state index is 11.5. The molecule has 1 amide bonds. The molecule has 0 aliphatic heterocycles. The van der Waals surface area contributed by atoms with E-state index >= 15 is 0 Å². The average molecular weight is 258 g/mol. The highest BCUT2D eigenvalue weighted by molar-refractivity contribution is 9.10. The molecule has 0 saturated heterocycles. The Hall–Kier alpha value is -0.770. The number of nitrogens with one attached hydrogen (secondary N) is 1. The Labute approximate surface area is 91.0 Å². The Morgan fingerprint density at radius 3 is 2.86 bits per heavy atom. The van der Waals surface area contributed by atoms with E-state index in [1.807, 2.05) is 0 Å². The number of hydrogen-bond acceptors (Lipinski definition) is 2. The number of hydrogen-bond donors (Lipinski definition) is 1. The number of rotatable bonds is 3. The molecule has 4 heteroatoms. The molecule has 1 aromatic rings. The summed E-state index contributed by atoms with van der Waals surface area (Å²) < 4.78 is 5.72. The zero-order chi connectivity index (χ0) is 9.97. The molecule has 1 saturated carbocycles. The van der Waals surface area contributed by atoms with E-state index < -0.39 is 0 Å². The van der Waals surface area contributed by atoms with Gasteiger partial charge in [0.05, 0.1) is 0 Å². The Morgan fingerprint density at radius 2 is 2.36 bits per heavy atom. The van der Waals surface area contributed by atoms with Gasteiger partial charge in [-0.25, -0.2) is 0 Å². The van der Waals surface area contributed by atoms with E-state index in [-0.39, 0.29) is 5.91 Å². The van der Waals surface area contributed by atoms with Gasteiger partial charge in [0.2, 0.25) is 0 Å². The maximum atomic E-state index is 11.5. The minimum atomic E-state index is -0.123. The van der Waals surface area contributed by atoms with Crippen molar-refractivity contribution in [3.05, 3.63) is 22.6 Å². The zero-order valence-electron chi connectivity index (χ0n) is 7.75. The summed E-state index contributed by atoms with van der Waals surface area (Å²) in [5.74, 6) is 0.927. The lowest BCUT2D eigenvalue weighted by atomic mass is 9.85. The van der Waals surface area contributed by atoms with Crippen LogP contribution in [0.2, 0.25) is 0 Å². The van der Waals surface area contributed by atoms with Gasteiger partial charge in [0, 0.05) is 6.54 Å². The Morgan fingerprint density at radius 1 is 1.57 bits per heavy atom. The number of amides is 1. The van der Waals surface area contributed by atoms with E-state index in [0.29, 0.717) is 16.3 Å². The largest absolute Gasteiger partial charge is 0.444 e. The lowest BCUT2D eigenvalue weighted by Crippen LogP contribution is -2.31. The summed E-state index contributed by atoms with van der Waals surface area (Å²) in [4.78, 5) is 11.5. The molecule has 3 nitrogen and oxygen atoms in total. The van der Waals surface area contributed by atoms with Gasteiger partial charge in [-0.15, -0.1) is 0 Å². The van der Waals surface area contributed by atoms with Crippen LogP contribution in [-0.2, 0) is 0 Å². The summed E-state index contributed by atoms with van der Waals surface area (Å²) in [5.41, 5.74) is 0. The van der Waals surface area contributed by atoms with Crippen molar-refractivity contribution >= 4 is 21.8 Å². The second kappa shape index (κ2) is 4.17. The first kappa shape index (κ1) is 9.77. The van der Waals surface area contributed by atoms with Gasteiger partial charge in [-0.1, -0.05) is 6.42 Å². The average Bonchev–Trinajstić information content (AvgIpc) is 2.49. The fourth-order valence-corrected chi connectivity index (χ4v) is 1.76. The van der Waals surface area contributed by atoms with Gasteiger partial charge in [0.25, 0.3) is 5.91 Å². The summed E-state index contributed by atoms with van der Waals surface area (Å²) in [6.07, 6.45) is 3.77. The molecule has 76 valence electrons. The molecule has 1 aliphatic rings. The van der Waals surface area contributed by atoms with Crippen molar-refractivity contribution in [2.75, 3.05) is 6.54 Å². The van der Waals surface area contributed by atoms with Gasteiger partial charge in [0.1, 0.15) is 0 Å². The van der Waals surface area contributed by atoms with Crippen LogP contribution in [0.5, 0.6) is 0 Å². The van der Waals surface area contributed by atoms with Gasteiger partial charge in [-0.2, -0.15) is 0 Å². The van der Waals surface area contributed by atoms with Crippen molar-refractivity contribution in [2.45, 2.75) is 19.3 Å². The van der Waals surface area contributed by atoms with Crippen LogP contribution in [0, 0.1) is 5.92 Å². The summed E-state index contributed by atoms with van der Waals surface area (Å²) in [5, 5.41) is 2.86. The van der Waals surface area contributed by atoms with Crippen molar-refractivity contribution < 1.29 is 9.21 Å². The highest BCUT2D eigenvalue weighted by Gasteiger charge is 2.19. The summed E-state index contributed by atoms with van der Waals surface area (Å²) in [6, 6.07) is 3.39. The second-order valence-corrected chi connectivity index (χ2v) is 4.39. The van der Waals surface area contributed by atoms with E-state index in [9.17, 15) is 4.79 Å². The van der Waals surface area contributed by atoms with Crippen molar-refractivity contribution in [3.63, 3.8) is 0 Å². The van der Waals surface area contributed by atoms with E-state index in [2.05, 4.69) is 21.2 Å². The fraction of sp³-hybridized carbons (Fsp3) is 0.500. The van der Waals surface area contributed by atoms with Crippen LogP contribution in [0.3, 0.4) is 0 Å². The monoisotopic (exact) mass is 257 g/mol. The van der Waals surface area contributed by atoms with Crippen LogP contribution in [0.4, 0.5) is 0 Å². The molecule has 1 fully saturated rings. The van der Waals surface area contributed by atoms with Gasteiger partial charge in [-0.3, -0.25) is 4.79 Å². The van der Waals surface area contributed by atoms with Gasteiger partial charge < -0.3 is 9.73 Å². The van der Waals surface area contributed by atoms with Crippen LogP contribution in [0.15, 0.2) is 21.2 Å². The molecule has 14 heavy (non-hydrogen) atoms. The third-order valence-corrected chi connectivity index (χ3v) is 3.00. The third-order valence-electron chi connectivity index (χ3n) is 2.57. The molecule has 0 radical (unpaired) electrons. The van der Waals surface area contributed by atoms with E-state index in [1.165, 1.54) is 19.3 Å². The van der Waals surface area contributed by atoms with Crippen molar-refractivity contribution in [1.82, 2.24) is 5.32 Å². The number of halogens is 1. The number of furan rings is 1. The van der Waals surface area contributed by atoms with Gasteiger partial charge in [0.15, 0.2) is 10.4 Å². The number of carbonyl (C=O) groups is 1. The molecule has 0 unspecified atom stereocenters. The lowest BCUT2D eigenvalue weighted by molar-refractivity contribution is 0.0910. The third kappa shape index (κ3) is 2.18. The smallest absolute Gasteiger partial charge is 0.287 e. The molecule has 1 aromatic heterocycles. The first-order chi connectivity index (χ1) is 6.75. The normalized spacial score (nSPS) is 16.4. The van der Waals surface area contributed by atoms with Crippen LogP contribution >= 0.6 is 15.9 Å². The molecule has 1 N–H and O–H groups in total. The summed E-state index contributed by atoms with van der Waals surface area (Å²) >= 11 is 3.16. The molecule has 0 spiro atoms. The maximum Gasteiger partial charge on any atom is 0.287 e. The second-order valence-electron chi connectivity index (χ2n) is 3.61. The van der Waals surface area contributed by atoms with Crippen LogP contribution in [0.1, 0.15) is 29.8 Å². The fourth-order valence-electron chi connectivity index (χ4n) is 1.46. The predicted molar refractivity (Wildman–Crippen MR) is 56.1 cm³/mol. The lowest BCUT2D eigenvalue weighted by Gasteiger charge is -2.25.